The lowest BCUT2D eigenvalue weighted by Gasteiger charge is -2.26. The first kappa shape index (κ1) is 38.8. The molecule has 0 bridgehead atoms. The number of rotatable bonds is 9. The van der Waals surface area contributed by atoms with Crippen LogP contribution in [-0.4, -0.2) is 14.5 Å². The van der Waals surface area contributed by atoms with Crippen LogP contribution in [0.5, 0.6) is 0 Å². The van der Waals surface area contributed by atoms with Crippen LogP contribution in [-0.2, 0) is 0 Å². The van der Waals surface area contributed by atoms with Crippen LogP contribution in [0.25, 0.3) is 94.4 Å². The van der Waals surface area contributed by atoms with Gasteiger partial charge >= 0.3 is 0 Å². The molecule has 66 heavy (non-hydrogen) atoms. The first-order valence-corrected chi connectivity index (χ1v) is 22.4. The van der Waals surface area contributed by atoms with E-state index in [0.717, 1.165) is 72.6 Å². The molecule has 2 heterocycles. The molecule has 12 aromatic rings. The quantitative estimate of drug-likeness (QED) is 0.145. The van der Waals surface area contributed by atoms with Gasteiger partial charge in [0.1, 0.15) is 0 Å². The highest BCUT2D eigenvalue weighted by Gasteiger charge is 2.18. The van der Waals surface area contributed by atoms with E-state index in [2.05, 4.69) is 252 Å². The Hall–Kier alpha value is -8.86. The summed E-state index contributed by atoms with van der Waals surface area (Å²) in [5.74, 6) is 0.710. The largest absolute Gasteiger partial charge is 0.310 e. The topological polar surface area (TPSA) is 34.0 Å². The maximum Gasteiger partial charge on any atom is 0.160 e. The summed E-state index contributed by atoms with van der Waals surface area (Å²) in [5, 5.41) is 3.44. The Kier molecular flexibility index (Phi) is 9.81. The highest BCUT2D eigenvalue weighted by Crippen LogP contribution is 2.40. The molecule has 12 rings (SSSR count). The van der Waals surface area contributed by atoms with E-state index in [0.29, 0.717) is 5.82 Å². The Labute approximate surface area is 384 Å². The molecular formula is C62H42N4. The minimum absolute atomic E-state index is 0.710. The average Bonchev–Trinajstić information content (AvgIpc) is 3.73. The van der Waals surface area contributed by atoms with Crippen LogP contribution in [0, 0.1) is 0 Å². The second-order valence-corrected chi connectivity index (χ2v) is 16.6. The van der Waals surface area contributed by atoms with Crippen molar-refractivity contribution in [3.8, 4) is 61.7 Å². The van der Waals surface area contributed by atoms with Crippen LogP contribution in [0.4, 0.5) is 17.1 Å². The Balaban J connectivity index is 0.908. The van der Waals surface area contributed by atoms with Crippen molar-refractivity contribution in [1.29, 1.82) is 0 Å². The fourth-order valence-corrected chi connectivity index (χ4v) is 9.37. The van der Waals surface area contributed by atoms with E-state index in [9.17, 15) is 0 Å². The number of fused-ring (bicyclic) bond motifs is 4. The van der Waals surface area contributed by atoms with E-state index in [1.165, 1.54) is 33.0 Å². The lowest BCUT2D eigenvalue weighted by Crippen LogP contribution is -2.10. The third-order valence-electron chi connectivity index (χ3n) is 12.6. The minimum atomic E-state index is 0.710. The number of hydrogen-bond acceptors (Lipinski definition) is 3. The standard InChI is InChI=1S/C62H42N4/c1-4-16-43(17-5-1)44-30-32-45(33-31-44)46-34-37-52(38-35-46)65(51-22-8-3-9-23-51)53-24-15-25-54(42-53)66-59-29-13-11-26-55(59)57-41-49(36-39-60(57)66)48-20-14-21-50(40-48)62-63-58-28-12-10-27-56(58)61(64-62)47-18-6-2-7-19-47/h1-42H. The molecule has 0 N–H and O–H groups in total. The van der Waals surface area contributed by atoms with E-state index in [1.54, 1.807) is 0 Å². The van der Waals surface area contributed by atoms with Crippen LogP contribution >= 0.6 is 0 Å². The molecule has 0 radical (unpaired) electrons. The summed E-state index contributed by atoms with van der Waals surface area (Å²) in [6.45, 7) is 0. The maximum atomic E-state index is 5.17. The first-order chi connectivity index (χ1) is 32.7. The molecule has 0 saturated heterocycles. The lowest BCUT2D eigenvalue weighted by molar-refractivity contribution is 1.17. The Morgan fingerprint density at radius 2 is 0.788 bits per heavy atom. The van der Waals surface area contributed by atoms with Crippen molar-refractivity contribution in [2.45, 2.75) is 0 Å². The summed E-state index contributed by atoms with van der Waals surface area (Å²) in [4.78, 5) is 12.6. The minimum Gasteiger partial charge on any atom is -0.310 e. The Morgan fingerprint density at radius 1 is 0.288 bits per heavy atom. The fraction of sp³-hybridized carbons (Fsp3) is 0. The number of nitrogens with zero attached hydrogens (tertiary/aromatic N) is 4. The zero-order valence-electron chi connectivity index (χ0n) is 36.0. The van der Waals surface area contributed by atoms with Crippen LogP contribution in [0.15, 0.2) is 255 Å². The van der Waals surface area contributed by atoms with E-state index in [-0.39, 0.29) is 0 Å². The molecule has 0 saturated carbocycles. The maximum absolute atomic E-state index is 5.17. The second-order valence-electron chi connectivity index (χ2n) is 16.6. The zero-order valence-corrected chi connectivity index (χ0v) is 36.0. The van der Waals surface area contributed by atoms with Gasteiger partial charge in [0.2, 0.25) is 0 Å². The average molecular weight is 843 g/mol. The molecule has 0 aliphatic heterocycles. The first-order valence-electron chi connectivity index (χ1n) is 22.4. The van der Waals surface area contributed by atoms with Crippen molar-refractivity contribution in [3.05, 3.63) is 255 Å². The highest BCUT2D eigenvalue weighted by atomic mass is 15.1. The van der Waals surface area contributed by atoms with Crippen LogP contribution in [0.2, 0.25) is 0 Å². The van der Waals surface area contributed by atoms with Crippen molar-refractivity contribution in [2.24, 2.45) is 0 Å². The molecule has 2 aromatic heterocycles. The van der Waals surface area contributed by atoms with Crippen molar-refractivity contribution in [1.82, 2.24) is 14.5 Å². The molecule has 0 aliphatic rings. The van der Waals surface area contributed by atoms with Gasteiger partial charge in [0.15, 0.2) is 5.82 Å². The van der Waals surface area contributed by atoms with E-state index in [4.69, 9.17) is 9.97 Å². The van der Waals surface area contributed by atoms with Gasteiger partial charge in [-0.2, -0.15) is 0 Å². The molecule has 4 nitrogen and oxygen atoms in total. The summed E-state index contributed by atoms with van der Waals surface area (Å²) in [5.41, 5.74) is 17.6. The smallest absolute Gasteiger partial charge is 0.160 e. The van der Waals surface area contributed by atoms with Crippen molar-refractivity contribution >= 4 is 49.8 Å². The molecule has 0 fully saturated rings. The number of aromatic nitrogens is 3. The van der Waals surface area contributed by atoms with E-state index < -0.39 is 0 Å². The van der Waals surface area contributed by atoms with Gasteiger partial charge in [-0.15, -0.1) is 0 Å². The van der Waals surface area contributed by atoms with Gasteiger partial charge in [-0.05, 0) is 106 Å². The summed E-state index contributed by atoms with van der Waals surface area (Å²) in [7, 11) is 0. The predicted molar refractivity (Wildman–Crippen MR) is 276 cm³/mol. The zero-order chi connectivity index (χ0) is 43.8. The van der Waals surface area contributed by atoms with Gasteiger partial charge in [0.05, 0.1) is 22.2 Å². The molecule has 0 aliphatic carbocycles. The lowest BCUT2D eigenvalue weighted by atomic mass is 10.00. The van der Waals surface area contributed by atoms with Crippen molar-refractivity contribution in [3.63, 3.8) is 0 Å². The van der Waals surface area contributed by atoms with E-state index >= 15 is 0 Å². The van der Waals surface area contributed by atoms with Gasteiger partial charge in [-0.3, -0.25) is 0 Å². The molecular weight excluding hydrogens is 801 g/mol. The fourth-order valence-electron chi connectivity index (χ4n) is 9.37. The van der Waals surface area contributed by atoms with Gasteiger partial charge in [0.25, 0.3) is 0 Å². The van der Waals surface area contributed by atoms with Crippen molar-refractivity contribution in [2.75, 3.05) is 4.90 Å². The molecule has 0 unspecified atom stereocenters. The third kappa shape index (κ3) is 7.17. The second kappa shape index (κ2) is 16.7. The van der Waals surface area contributed by atoms with Crippen LogP contribution in [0.1, 0.15) is 0 Å². The summed E-state index contributed by atoms with van der Waals surface area (Å²) in [6, 6.07) is 90.6. The molecule has 0 spiro atoms. The molecule has 0 atom stereocenters. The number of hydrogen-bond donors (Lipinski definition) is 0. The number of benzene rings is 10. The van der Waals surface area contributed by atoms with Crippen molar-refractivity contribution < 1.29 is 0 Å². The number of anilines is 3. The predicted octanol–water partition coefficient (Wildman–Crippen LogP) is 16.5. The van der Waals surface area contributed by atoms with Gasteiger partial charge < -0.3 is 9.47 Å². The van der Waals surface area contributed by atoms with Gasteiger partial charge in [0, 0.05) is 50.0 Å². The van der Waals surface area contributed by atoms with Gasteiger partial charge in [-0.25, -0.2) is 9.97 Å². The Morgan fingerprint density at radius 3 is 1.53 bits per heavy atom. The normalized spacial score (nSPS) is 11.3. The summed E-state index contributed by atoms with van der Waals surface area (Å²) < 4.78 is 2.40. The Bertz CT molecular complexity index is 3670. The highest BCUT2D eigenvalue weighted by molar-refractivity contribution is 6.10. The molecule has 10 aromatic carbocycles. The summed E-state index contributed by atoms with van der Waals surface area (Å²) in [6.07, 6.45) is 0. The monoisotopic (exact) mass is 842 g/mol. The molecule has 4 heteroatoms. The van der Waals surface area contributed by atoms with Gasteiger partial charge in [-0.1, -0.05) is 182 Å². The van der Waals surface area contributed by atoms with Crippen LogP contribution in [0.3, 0.4) is 0 Å². The summed E-state index contributed by atoms with van der Waals surface area (Å²) >= 11 is 0. The van der Waals surface area contributed by atoms with Crippen LogP contribution < -0.4 is 4.90 Å². The third-order valence-corrected chi connectivity index (χ3v) is 12.6. The van der Waals surface area contributed by atoms with E-state index in [1.807, 2.05) is 12.1 Å². The molecule has 0 amide bonds. The molecule has 310 valence electrons. The number of para-hydroxylation sites is 3. The SMILES string of the molecule is c1ccc(-c2ccc(-c3ccc(N(c4ccccc4)c4cccc(-n5c6ccccc6c6cc(-c7cccc(-c8nc(-c9ccccc9)c9ccccc9n8)c7)ccc65)c4)cc3)cc2)cc1.